The highest BCUT2D eigenvalue weighted by Crippen LogP contribution is 2.21. The summed E-state index contributed by atoms with van der Waals surface area (Å²) >= 11 is 0. The number of carbonyl (C=O) groups excluding carboxylic acids is 8. The molecule has 0 bridgehead atoms. The van der Waals surface area contributed by atoms with Crippen molar-refractivity contribution < 1.29 is 38.4 Å². The first-order valence-corrected chi connectivity index (χ1v) is 14.2. The number of fused-ring (bicyclic) bond motifs is 2. The van der Waals surface area contributed by atoms with E-state index >= 15 is 0 Å². The van der Waals surface area contributed by atoms with Gasteiger partial charge in [0.25, 0.3) is 0 Å². The molecule has 232 valence electrons. The van der Waals surface area contributed by atoms with E-state index in [-0.39, 0.29) is 38.8 Å². The topological polar surface area (TPSA) is 243 Å². The molecular formula is C26H40N8O8. The fourth-order valence-electron chi connectivity index (χ4n) is 5.50. The Labute approximate surface area is 243 Å². The van der Waals surface area contributed by atoms with Crippen LogP contribution in [0.15, 0.2) is 0 Å². The number of amides is 8. The molecule has 8 amide bonds. The van der Waals surface area contributed by atoms with E-state index < -0.39 is 83.5 Å². The molecule has 8 N–H and O–H groups in total. The van der Waals surface area contributed by atoms with E-state index in [0.29, 0.717) is 25.7 Å². The summed E-state index contributed by atoms with van der Waals surface area (Å²) in [5.41, 5.74) is 10.5. The van der Waals surface area contributed by atoms with Crippen molar-refractivity contribution >= 4 is 47.3 Å². The van der Waals surface area contributed by atoms with Gasteiger partial charge in [-0.2, -0.15) is 0 Å². The lowest BCUT2D eigenvalue weighted by atomic mass is 10.1. The molecule has 0 saturated carbocycles. The fourth-order valence-corrected chi connectivity index (χ4v) is 5.50. The zero-order valence-electron chi connectivity index (χ0n) is 23.9. The predicted octanol–water partition coefficient (Wildman–Crippen LogP) is -3.51. The van der Waals surface area contributed by atoms with Crippen LogP contribution in [0.4, 0.5) is 0 Å². The van der Waals surface area contributed by atoms with Crippen LogP contribution in [0.2, 0.25) is 0 Å². The van der Waals surface area contributed by atoms with Crippen molar-refractivity contribution in [2.24, 2.45) is 11.5 Å². The number of primary amides is 2. The van der Waals surface area contributed by atoms with Crippen molar-refractivity contribution in [1.29, 1.82) is 0 Å². The maximum absolute atomic E-state index is 13.3. The Morgan fingerprint density at radius 1 is 0.643 bits per heavy atom. The van der Waals surface area contributed by atoms with E-state index in [1.54, 1.807) is 0 Å². The Balaban J connectivity index is 1.94. The minimum Gasteiger partial charge on any atom is -0.370 e. The molecule has 3 rings (SSSR count). The van der Waals surface area contributed by atoms with Gasteiger partial charge in [0.1, 0.15) is 36.3 Å². The molecule has 0 spiro atoms. The number of nitrogens with zero attached hydrogens (tertiary/aromatic N) is 2. The zero-order chi connectivity index (χ0) is 31.1. The van der Waals surface area contributed by atoms with Gasteiger partial charge in [-0.05, 0) is 52.4 Å². The Bertz CT molecular complexity index is 1040. The van der Waals surface area contributed by atoms with Crippen molar-refractivity contribution in [3.05, 3.63) is 0 Å². The normalized spacial score (nSPS) is 29.9. The average Bonchev–Trinajstić information content (AvgIpc) is 3.61. The van der Waals surface area contributed by atoms with Crippen molar-refractivity contribution in [1.82, 2.24) is 31.1 Å². The van der Waals surface area contributed by atoms with Gasteiger partial charge < -0.3 is 42.5 Å². The minimum atomic E-state index is -1.22. The van der Waals surface area contributed by atoms with Crippen molar-refractivity contribution in [2.75, 3.05) is 13.1 Å². The third kappa shape index (κ3) is 7.94. The summed E-state index contributed by atoms with van der Waals surface area (Å²) < 4.78 is 0. The summed E-state index contributed by atoms with van der Waals surface area (Å²) in [6.07, 6.45) is 0.858. The molecular weight excluding hydrogens is 552 g/mol. The predicted molar refractivity (Wildman–Crippen MR) is 145 cm³/mol. The van der Waals surface area contributed by atoms with Gasteiger partial charge in [0.15, 0.2) is 0 Å². The summed E-state index contributed by atoms with van der Waals surface area (Å²) in [6.45, 7) is 3.31. The summed E-state index contributed by atoms with van der Waals surface area (Å²) in [6, 6.07) is -6.55. The van der Waals surface area contributed by atoms with Gasteiger partial charge in [-0.25, -0.2) is 0 Å². The molecule has 16 nitrogen and oxygen atoms in total. The Morgan fingerprint density at radius 3 is 1.33 bits per heavy atom. The monoisotopic (exact) mass is 592 g/mol. The molecule has 0 aromatic carbocycles. The summed E-state index contributed by atoms with van der Waals surface area (Å²) in [4.78, 5) is 105. The van der Waals surface area contributed by atoms with Crippen molar-refractivity contribution in [3.8, 4) is 0 Å². The number of hydrogen-bond donors (Lipinski definition) is 6. The lowest BCUT2D eigenvalue weighted by Crippen LogP contribution is -2.60. The van der Waals surface area contributed by atoms with Crippen LogP contribution >= 0.6 is 0 Å². The molecule has 0 unspecified atom stereocenters. The van der Waals surface area contributed by atoms with E-state index in [9.17, 15) is 38.4 Å². The Kier molecular flexibility index (Phi) is 10.8. The summed E-state index contributed by atoms with van der Waals surface area (Å²) in [5.74, 6) is -5.20. The number of carbonyl (C=O) groups is 8. The van der Waals surface area contributed by atoms with Crippen LogP contribution in [0.25, 0.3) is 0 Å². The molecule has 3 fully saturated rings. The second-order valence-corrected chi connectivity index (χ2v) is 11.0. The first-order valence-electron chi connectivity index (χ1n) is 14.2. The van der Waals surface area contributed by atoms with E-state index in [0.717, 1.165) is 0 Å². The average molecular weight is 593 g/mol. The molecule has 3 aliphatic rings. The van der Waals surface area contributed by atoms with Crippen LogP contribution in [-0.2, 0) is 38.4 Å². The molecule has 3 aliphatic heterocycles. The van der Waals surface area contributed by atoms with Gasteiger partial charge in [-0.3, -0.25) is 38.4 Å². The summed E-state index contributed by atoms with van der Waals surface area (Å²) in [5, 5.41) is 10.3. The molecule has 3 saturated heterocycles. The highest BCUT2D eigenvalue weighted by atomic mass is 16.2. The van der Waals surface area contributed by atoms with Crippen LogP contribution < -0.4 is 32.7 Å². The number of rotatable bonds is 6. The van der Waals surface area contributed by atoms with Crippen LogP contribution in [-0.4, -0.2) is 106 Å². The smallest absolute Gasteiger partial charge is 0.245 e. The second-order valence-electron chi connectivity index (χ2n) is 11.0. The summed E-state index contributed by atoms with van der Waals surface area (Å²) in [7, 11) is 0. The van der Waals surface area contributed by atoms with Crippen LogP contribution in [0.3, 0.4) is 0 Å². The van der Waals surface area contributed by atoms with Crippen LogP contribution in [0.1, 0.15) is 65.2 Å². The first-order chi connectivity index (χ1) is 19.8. The Hall–Kier alpha value is -4.24. The van der Waals surface area contributed by atoms with Crippen LogP contribution in [0, 0.1) is 0 Å². The largest absolute Gasteiger partial charge is 0.370 e. The Morgan fingerprint density at radius 2 is 1.00 bits per heavy atom. The molecule has 42 heavy (non-hydrogen) atoms. The maximum Gasteiger partial charge on any atom is 0.245 e. The molecule has 0 aliphatic carbocycles. The lowest BCUT2D eigenvalue weighted by molar-refractivity contribution is -0.144. The second kappa shape index (κ2) is 14.1. The minimum absolute atomic E-state index is 0.137. The number of nitrogens with two attached hydrogens (primary N) is 2. The van der Waals surface area contributed by atoms with Gasteiger partial charge in [0, 0.05) is 25.9 Å². The standard InChI is InChI=1S/C26H40N8O8/c1-13-25(41)33-11-3-5-17(33)23(39)32-16(8-10-20(28)36)22(38)30-14(2)26(42)34-12-4-6-18(34)24(40)31-15(21(37)29-13)7-9-19(27)35/h13-18H,3-12H2,1-2H3,(H2,27,35)(H2,28,36)(H,29,37)(H,30,38)(H,31,40)(H,32,39)/t13-,14-,15-,16-,17-,18-/m0/s1. The highest BCUT2D eigenvalue weighted by molar-refractivity contribution is 5.98. The fraction of sp³-hybridized carbons (Fsp3) is 0.692. The van der Waals surface area contributed by atoms with Gasteiger partial charge >= 0.3 is 0 Å². The molecule has 16 heteroatoms. The SMILES string of the molecule is C[C@@H]1NC(=O)[C@H](CCC(N)=O)NC(=O)[C@@H]2CCCN2C(=O)[C@H](C)NC(=O)[C@H](CCC(N)=O)NC(=O)[C@@H]2CCCN2C1=O. The van der Waals surface area contributed by atoms with Gasteiger partial charge in [0.2, 0.25) is 47.3 Å². The molecule has 0 radical (unpaired) electrons. The molecule has 3 heterocycles. The zero-order valence-corrected chi connectivity index (χ0v) is 23.9. The van der Waals surface area contributed by atoms with Crippen molar-refractivity contribution in [3.63, 3.8) is 0 Å². The number of nitrogens with one attached hydrogen (secondary N) is 4. The van der Waals surface area contributed by atoms with Gasteiger partial charge in [-0.1, -0.05) is 0 Å². The van der Waals surface area contributed by atoms with E-state index in [1.807, 2.05) is 0 Å². The van der Waals surface area contributed by atoms with E-state index in [1.165, 1.54) is 23.6 Å². The third-order valence-electron chi connectivity index (χ3n) is 7.76. The quantitative estimate of drug-likeness (QED) is 0.180. The van der Waals surface area contributed by atoms with E-state index in [2.05, 4.69) is 21.3 Å². The van der Waals surface area contributed by atoms with Crippen molar-refractivity contribution in [2.45, 2.75) is 101 Å². The third-order valence-corrected chi connectivity index (χ3v) is 7.76. The van der Waals surface area contributed by atoms with Gasteiger partial charge in [0.05, 0.1) is 0 Å². The molecule has 6 atom stereocenters. The highest BCUT2D eigenvalue weighted by Gasteiger charge is 2.41. The first kappa shape index (κ1) is 32.3. The molecule has 0 aromatic heterocycles. The number of hydrogen-bond acceptors (Lipinski definition) is 8. The van der Waals surface area contributed by atoms with Gasteiger partial charge in [-0.15, -0.1) is 0 Å². The maximum atomic E-state index is 13.3. The van der Waals surface area contributed by atoms with E-state index in [4.69, 9.17) is 11.5 Å². The van der Waals surface area contributed by atoms with Crippen LogP contribution in [0.5, 0.6) is 0 Å². The lowest BCUT2D eigenvalue weighted by Gasteiger charge is -2.31. The molecule has 0 aromatic rings.